The molecule has 12 heteroatoms. The Hall–Kier alpha value is -2.31. The van der Waals surface area contributed by atoms with Crippen LogP contribution in [-0.4, -0.2) is 76.0 Å². The Morgan fingerprint density at radius 1 is 1.21 bits per heavy atom. The molecule has 1 fully saturated rings. The smallest absolute Gasteiger partial charge is 0.383 e. The summed E-state index contributed by atoms with van der Waals surface area (Å²) in [5.74, 6) is 1.20. The zero-order chi connectivity index (χ0) is 23.6. The van der Waals surface area contributed by atoms with Gasteiger partial charge in [0.1, 0.15) is 12.4 Å². The van der Waals surface area contributed by atoms with Crippen LogP contribution in [0.15, 0.2) is 11.8 Å². The Morgan fingerprint density at radius 3 is 2.61 bits per heavy atom. The van der Waals surface area contributed by atoms with Crippen LogP contribution in [0.1, 0.15) is 35.2 Å². The summed E-state index contributed by atoms with van der Waals surface area (Å²) in [6.45, 7) is 4.52. The molecule has 0 saturated carbocycles. The molecule has 0 aliphatic carbocycles. The van der Waals surface area contributed by atoms with Gasteiger partial charge in [-0.2, -0.15) is 13.2 Å². The number of aromatic nitrogens is 5. The summed E-state index contributed by atoms with van der Waals surface area (Å²) < 4.78 is 45.6. The van der Waals surface area contributed by atoms with Crippen LogP contribution < -0.4 is 4.90 Å². The maximum Gasteiger partial charge on any atom is 0.406 e. The summed E-state index contributed by atoms with van der Waals surface area (Å²) in [5.41, 5.74) is 3.53. The number of aryl methyl sites for hydroxylation is 1. The molecule has 1 aliphatic rings. The Kier molecular flexibility index (Phi) is 7.15. The number of hydrogen-bond acceptors (Lipinski definition) is 8. The van der Waals surface area contributed by atoms with Crippen LogP contribution in [0, 0.1) is 6.92 Å². The largest absolute Gasteiger partial charge is 0.406 e. The molecule has 8 nitrogen and oxygen atoms in total. The lowest BCUT2D eigenvalue weighted by Crippen LogP contribution is -2.33. The molecule has 0 radical (unpaired) electrons. The Balaban J connectivity index is 1.58. The van der Waals surface area contributed by atoms with Gasteiger partial charge in [0.05, 0.1) is 24.1 Å². The van der Waals surface area contributed by atoms with Gasteiger partial charge in [0.25, 0.3) is 0 Å². The van der Waals surface area contributed by atoms with E-state index in [2.05, 4.69) is 19.9 Å². The van der Waals surface area contributed by atoms with Crippen LogP contribution in [0.3, 0.4) is 0 Å². The molecular weight excluding hydrogens is 455 g/mol. The van der Waals surface area contributed by atoms with Crippen molar-refractivity contribution in [1.82, 2.24) is 29.4 Å². The fourth-order valence-electron chi connectivity index (χ4n) is 4.07. The van der Waals surface area contributed by atoms with Gasteiger partial charge in [-0.3, -0.25) is 4.90 Å². The third-order valence-electron chi connectivity index (χ3n) is 5.97. The van der Waals surface area contributed by atoms with E-state index in [-0.39, 0.29) is 11.6 Å². The van der Waals surface area contributed by atoms with E-state index in [0.717, 1.165) is 42.7 Å². The van der Waals surface area contributed by atoms with Gasteiger partial charge in [-0.05, 0) is 32.9 Å². The van der Waals surface area contributed by atoms with Crippen LogP contribution in [0.2, 0.25) is 0 Å². The topological polar surface area (TPSA) is 72.2 Å². The lowest BCUT2D eigenvalue weighted by Gasteiger charge is -2.31. The monoisotopic (exact) mass is 483 g/mol. The van der Waals surface area contributed by atoms with Gasteiger partial charge in [0, 0.05) is 38.0 Å². The molecule has 0 unspecified atom stereocenters. The average molecular weight is 484 g/mol. The van der Waals surface area contributed by atoms with E-state index in [1.807, 2.05) is 24.4 Å². The Bertz CT molecular complexity index is 1080. The molecule has 4 heterocycles. The fourth-order valence-corrected chi connectivity index (χ4v) is 4.89. The minimum atomic E-state index is -4.36. The molecule has 0 N–H and O–H groups in total. The van der Waals surface area contributed by atoms with E-state index in [9.17, 15) is 13.2 Å². The van der Waals surface area contributed by atoms with Crippen molar-refractivity contribution in [3.63, 3.8) is 0 Å². The highest BCUT2D eigenvalue weighted by molar-refractivity contribution is 7.09. The summed E-state index contributed by atoms with van der Waals surface area (Å²) in [6.07, 6.45) is -1.47. The number of likely N-dealkylation sites (N-methyl/N-ethyl adjacent to an activating group) is 1. The first-order chi connectivity index (χ1) is 15.7. The number of thiazole rings is 1. The maximum atomic E-state index is 13.1. The third-order valence-corrected chi connectivity index (χ3v) is 6.89. The van der Waals surface area contributed by atoms with Crippen molar-refractivity contribution in [2.45, 2.75) is 44.9 Å². The number of anilines is 1. The van der Waals surface area contributed by atoms with E-state index >= 15 is 0 Å². The molecule has 0 bridgehead atoms. The van der Waals surface area contributed by atoms with E-state index in [0.29, 0.717) is 30.3 Å². The SMILES string of the molecule is COCCN(C)c1nc(C2CCN(Cc3scnc3C)CC2)nc2c1ncn2CC(F)(F)F. The zero-order valence-corrected chi connectivity index (χ0v) is 19.8. The van der Waals surface area contributed by atoms with Crippen LogP contribution in [0.25, 0.3) is 11.2 Å². The highest BCUT2D eigenvalue weighted by atomic mass is 32.1. The molecular formula is C21H28F3N7OS. The summed E-state index contributed by atoms with van der Waals surface area (Å²) >= 11 is 1.67. The first-order valence-electron chi connectivity index (χ1n) is 10.9. The molecule has 4 rings (SSSR count). The van der Waals surface area contributed by atoms with Crippen LogP contribution in [0.5, 0.6) is 0 Å². The number of likely N-dealkylation sites (tertiary alicyclic amines) is 1. The van der Waals surface area contributed by atoms with E-state index in [1.54, 1.807) is 18.4 Å². The standard InChI is InChI=1S/C21H28F3N7OS/c1-14-16(33-13-26-14)10-30-6-4-15(5-7-30)18-27-19(29(2)8-9-32-3)17-20(28-18)31(12-25-17)11-21(22,23)24/h12-13,15H,4-11H2,1-3H3. The van der Waals surface area contributed by atoms with Crippen LogP contribution in [0.4, 0.5) is 19.0 Å². The van der Waals surface area contributed by atoms with Crippen molar-refractivity contribution < 1.29 is 17.9 Å². The Labute approximate surface area is 194 Å². The number of fused-ring (bicyclic) bond motifs is 1. The van der Waals surface area contributed by atoms with Gasteiger partial charge < -0.3 is 14.2 Å². The first-order valence-corrected chi connectivity index (χ1v) is 11.7. The van der Waals surface area contributed by atoms with Crippen molar-refractivity contribution in [3.05, 3.63) is 28.2 Å². The highest BCUT2D eigenvalue weighted by Gasteiger charge is 2.31. The lowest BCUT2D eigenvalue weighted by molar-refractivity contribution is -0.140. The minimum absolute atomic E-state index is 0.0806. The number of hydrogen-bond donors (Lipinski definition) is 0. The van der Waals surface area contributed by atoms with E-state index < -0.39 is 12.7 Å². The number of imidazole rings is 1. The molecule has 0 amide bonds. The zero-order valence-electron chi connectivity index (χ0n) is 19.0. The van der Waals surface area contributed by atoms with E-state index in [4.69, 9.17) is 9.72 Å². The molecule has 0 aromatic carbocycles. The molecule has 3 aromatic rings. The average Bonchev–Trinajstić information content (AvgIpc) is 3.36. The molecule has 0 spiro atoms. The predicted molar refractivity (Wildman–Crippen MR) is 121 cm³/mol. The molecule has 3 aromatic heterocycles. The second-order valence-electron chi connectivity index (χ2n) is 8.39. The van der Waals surface area contributed by atoms with Crippen LogP contribution >= 0.6 is 11.3 Å². The molecule has 1 saturated heterocycles. The number of alkyl halides is 3. The fraction of sp³-hybridized carbons (Fsp3) is 0.619. The van der Waals surface area contributed by atoms with Gasteiger partial charge in [0.15, 0.2) is 17.0 Å². The van der Waals surface area contributed by atoms with E-state index in [1.165, 1.54) is 11.2 Å². The van der Waals surface area contributed by atoms with Gasteiger partial charge in [-0.25, -0.2) is 19.9 Å². The molecule has 180 valence electrons. The summed E-state index contributed by atoms with van der Waals surface area (Å²) in [6, 6.07) is 0. The van der Waals surface area contributed by atoms with Crippen molar-refractivity contribution in [1.29, 1.82) is 0 Å². The number of piperidine rings is 1. The summed E-state index contributed by atoms with van der Waals surface area (Å²) in [7, 11) is 3.45. The normalized spacial score (nSPS) is 16.1. The van der Waals surface area contributed by atoms with Crippen molar-refractivity contribution in [2.24, 2.45) is 0 Å². The number of nitrogens with zero attached hydrogens (tertiary/aromatic N) is 7. The number of methoxy groups -OCH3 is 1. The predicted octanol–water partition coefficient (Wildman–Crippen LogP) is 3.62. The lowest BCUT2D eigenvalue weighted by atomic mass is 9.96. The third kappa shape index (κ3) is 5.61. The van der Waals surface area contributed by atoms with Gasteiger partial charge in [-0.1, -0.05) is 0 Å². The molecule has 0 atom stereocenters. The van der Waals surface area contributed by atoms with Gasteiger partial charge >= 0.3 is 6.18 Å². The molecule has 33 heavy (non-hydrogen) atoms. The number of rotatable bonds is 8. The minimum Gasteiger partial charge on any atom is -0.383 e. The summed E-state index contributed by atoms with van der Waals surface area (Å²) in [4.78, 5) is 23.4. The maximum absolute atomic E-state index is 13.1. The highest BCUT2D eigenvalue weighted by Crippen LogP contribution is 2.32. The number of ether oxygens (including phenoxy) is 1. The van der Waals surface area contributed by atoms with Crippen molar-refractivity contribution in [3.8, 4) is 0 Å². The first kappa shape index (κ1) is 23.8. The van der Waals surface area contributed by atoms with Crippen LogP contribution in [-0.2, 0) is 17.8 Å². The quantitative estimate of drug-likeness (QED) is 0.485. The second kappa shape index (κ2) is 9.90. The van der Waals surface area contributed by atoms with Gasteiger partial charge in [0.2, 0.25) is 0 Å². The second-order valence-corrected chi connectivity index (χ2v) is 9.33. The number of halogens is 3. The van der Waals surface area contributed by atoms with Crippen molar-refractivity contribution >= 4 is 28.3 Å². The van der Waals surface area contributed by atoms with Crippen molar-refractivity contribution in [2.75, 3.05) is 45.3 Å². The Morgan fingerprint density at radius 2 is 1.97 bits per heavy atom. The molecule has 1 aliphatic heterocycles. The summed E-state index contributed by atoms with van der Waals surface area (Å²) in [5, 5.41) is 0. The van der Waals surface area contributed by atoms with Gasteiger partial charge in [-0.15, -0.1) is 11.3 Å².